The van der Waals surface area contributed by atoms with Gasteiger partial charge in [0.1, 0.15) is 4.90 Å². The zero-order valence-electron chi connectivity index (χ0n) is 18.5. The van der Waals surface area contributed by atoms with E-state index in [1.54, 1.807) is 12.1 Å². The summed E-state index contributed by atoms with van der Waals surface area (Å²) in [6.45, 7) is 3.74. The van der Waals surface area contributed by atoms with Gasteiger partial charge in [0.05, 0.1) is 12.1 Å². The maximum absolute atomic E-state index is 12.7. The minimum Gasteiger partial charge on any atom is -0.493 e. The first-order valence-corrected chi connectivity index (χ1v) is 11.9. The first-order valence-electron chi connectivity index (χ1n) is 10.1. The number of ether oxygens (including phenoxy) is 2. The Kier molecular flexibility index (Phi) is 6.45. The van der Waals surface area contributed by atoms with E-state index in [-0.39, 0.29) is 33.0 Å². The summed E-state index contributed by atoms with van der Waals surface area (Å²) in [5.41, 5.74) is 3.04. The summed E-state index contributed by atoms with van der Waals surface area (Å²) in [6.07, 6.45) is 1.47. The molecule has 1 aliphatic heterocycles. The lowest BCUT2D eigenvalue weighted by Gasteiger charge is -2.13. The fraction of sp³-hybridized carbons (Fsp3) is 0.120. The van der Waals surface area contributed by atoms with Gasteiger partial charge in [0, 0.05) is 5.56 Å². The van der Waals surface area contributed by atoms with Crippen LogP contribution in [0.4, 0.5) is 0 Å². The van der Waals surface area contributed by atoms with Crippen LogP contribution in [0.3, 0.4) is 0 Å². The molecule has 0 spiro atoms. The fourth-order valence-corrected chi connectivity index (χ4v) is 4.52. The van der Waals surface area contributed by atoms with Gasteiger partial charge in [-0.1, -0.05) is 47.5 Å². The number of benzene rings is 3. The van der Waals surface area contributed by atoms with Gasteiger partial charge in [-0.2, -0.15) is 8.42 Å². The summed E-state index contributed by atoms with van der Waals surface area (Å²) in [6, 6.07) is 16.6. The maximum Gasteiger partial charge on any atom is 0.363 e. The second-order valence-corrected chi connectivity index (χ2v) is 9.49. The maximum atomic E-state index is 12.7. The molecule has 1 aliphatic rings. The lowest BCUT2D eigenvalue weighted by atomic mass is 10.1. The molecule has 0 saturated heterocycles. The number of methoxy groups -OCH3 is 1. The molecular weight excluding hydrogens is 478 g/mol. The molecule has 1 heterocycles. The van der Waals surface area contributed by atoms with Crippen molar-refractivity contribution in [1.82, 2.24) is 0 Å². The Bertz CT molecular complexity index is 1440. The van der Waals surface area contributed by atoms with Crippen molar-refractivity contribution in [2.45, 2.75) is 18.7 Å². The predicted octanol–water partition coefficient (Wildman–Crippen LogP) is 5.08. The van der Waals surface area contributed by atoms with E-state index < -0.39 is 16.1 Å². The van der Waals surface area contributed by atoms with E-state index in [0.717, 1.165) is 11.1 Å². The molecule has 0 radical (unpaired) electrons. The Balaban J connectivity index is 1.67. The van der Waals surface area contributed by atoms with Crippen molar-refractivity contribution in [3.8, 4) is 11.5 Å². The summed E-state index contributed by atoms with van der Waals surface area (Å²) >= 11 is 6.35. The van der Waals surface area contributed by atoms with E-state index in [9.17, 15) is 13.2 Å². The normalized spacial score (nSPS) is 14.6. The zero-order chi connectivity index (χ0) is 24.5. The van der Waals surface area contributed by atoms with Crippen LogP contribution in [0.1, 0.15) is 22.3 Å². The van der Waals surface area contributed by atoms with Crippen LogP contribution in [0, 0.1) is 13.8 Å². The number of halogens is 1. The Labute approximate surface area is 202 Å². The molecule has 0 atom stereocenters. The van der Waals surface area contributed by atoms with Crippen LogP contribution in [0.5, 0.6) is 11.5 Å². The highest BCUT2D eigenvalue weighted by atomic mass is 35.5. The van der Waals surface area contributed by atoms with Gasteiger partial charge in [0.15, 0.2) is 11.4 Å². The van der Waals surface area contributed by atoms with Crippen molar-refractivity contribution in [1.29, 1.82) is 0 Å². The summed E-state index contributed by atoms with van der Waals surface area (Å²) in [4.78, 5) is 16.7. The molecule has 0 amide bonds. The summed E-state index contributed by atoms with van der Waals surface area (Å²) in [7, 11) is -2.79. The van der Waals surface area contributed by atoms with Crippen molar-refractivity contribution in [3.05, 3.63) is 93.6 Å². The molecule has 0 aliphatic carbocycles. The predicted molar refractivity (Wildman–Crippen MR) is 129 cm³/mol. The van der Waals surface area contributed by atoms with Gasteiger partial charge in [0.25, 0.3) is 0 Å². The third kappa shape index (κ3) is 4.83. The average Bonchev–Trinajstić information content (AvgIpc) is 3.15. The third-order valence-electron chi connectivity index (χ3n) is 5.05. The number of carbonyl (C=O) groups is 1. The Morgan fingerprint density at radius 1 is 1.03 bits per heavy atom. The molecule has 7 nitrogen and oxygen atoms in total. The van der Waals surface area contributed by atoms with Gasteiger partial charge < -0.3 is 13.7 Å². The smallest absolute Gasteiger partial charge is 0.363 e. The van der Waals surface area contributed by atoms with E-state index in [1.807, 2.05) is 38.1 Å². The van der Waals surface area contributed by atoms with Gasteiger partial charge in [0.2, 0.25) is 11.6 Å². The number of aliphatic imine (C=N–C) groups is 1. The minimum absolute atomic E-state index is 0.0173. The lowest BCUT2D eigenvalue weighted by molar-refractivity contribution is -0.129. The van der Waals surface area contributed by atoms with Crippen molar-refractivity contribution in [2.75, 3.05) is 7.11 Å². The second-order valence-electron chi connectivity index (χ2n) is 7.54. The van der Waals surface area contributed by atoms with Crippen molar-refractivity contribution >= 4 is 39.7 Å². The quantitative estimate of drug-likeness (QED) is 0.268. The molecule has 3 aromatic carbocycles. The monoisotopic (exact) mass is 497 g/mol. The summed E-state index contributed by atoms with van der Waals surface area (Å²) in [5.74, 6) is -0.498. The van der Waals surface area contributed by atoms with Crippen LogP contribution in [0.2, 0.25) is 5.02 Å². The molecule has 0 bridgehead atoms. The first-order chi connectivity index (χ1) is 16.2. The van der Waals surface area contributed by atoms with Gasteiger partial charge in [-0.25, -0.2) is 9.79 Å². The highest BCUT2D eigenvalue weighted by molar-refractivity contribution is 7.87. The number of hydrogen-bond donors (Lipinski definition) is 0. The number of rotatable bonds is 6. The summed E-state index contributed by atoms with van der Waals surface area (Å²) < 4.78 is 41.3. The Morgan fingerprint density at radius 2 is 1.74 bits per heavy atom. The van der Waals surface area contributed by atoms with Gasteiger partial charge in [-0.3, -0.25) is 0 Å². The van der Waals surface area contributed by atoms with Crippen LogP contribution in [0.15, 0.2) is 76.2 Å². The number of hydrogen-bond acceptors (Lipinski definition) is 7. The number of nitrogens with zero attached hydrogens (tertiary/aromatic N) is 1. The molecule has 3 aromatic rings. The molecule has 34 heavy (non-hydrogen) atoms. The molecule has 0 aromatic heterocycles. The fourth-order valence-electron chi connectivity index (χ4n) is 3.26. The van der Waals surface area contributed by atoms with Gasteiger partial charge >= 0.3 is 16.1 Å². The third-order valence-corrected chi connectivity index (χ3v) is 6.57. The molecule has 0 N–H and O–H groups in total. The Hall–Kier alpha value is -3.62. The van der Waals surface area contributed by atoms with Crippen LogP contribution in [-0.4, -0.2) is 27.4 Å². The van der Waals surface area contributed by atoms with Gasteiger partial charge in [-0.15, -0.1) is 0 Å². The van der Waals surface area contributed by atoms with E-state index in [2.05, 4.69) is 4.99 Å². The SMILES string of the molecule is COc1cc(/C=C2/N=C(c3ccccc3C)OC2=O)cc(Cl)c1OS(=O)(=O)c1ccc(C)cc1. The highest BCUT2D eigenvalue weighted by Crippen LogP contribution is 2.39. The second kappa shape index (κ2) is 9.32. The molecule has 174 valence electrons. The zero-order valence-corrected chi connectivity index (χ0v) is 20.1. The lowest BCUT2D eigenvalue weighted by Crippen LogP contribution is -2.11. The Morgan fingerprint density at radius 3 is 2.41 bits per heavy atom. The van der Waals surface area contributed by atoms with Crippen molar-refractivity contribution in [2.24, 2.45) is 4.99 Å². The van der Waals surface area contributed by atoms with Crippen LogP contribution < -0.4 is 8.92 Å². The van der Waals surface area contributed by atoms with Crippen LogP contribution >= 0.6 is 11.6 Å². The van der Waals surface area contributed by atoms with Crippen LogP contribution in [-0.2, 0) is 19.6 Å². The van der Waals surface area contributed by atoms with E-state index in [0.29, 0.717) is 11.1 Å². The number of carbonyl (C=O) groups excluding carboxylic acids is 1. The largest absolute Gasteiger partial charge is 0.493 e. The number of esters is 1. The van der Waals surface area contributed by atoms with E-state index in [1.165, 1.54) is 37.5 Å². The van der Waals surface area contributed by atoms with E-state index >= 15 is 0 Å². The summed E-state index contributed by atoms with van der Waals surface area (Å²) in [5, 5.41) is -0.0173. The molecule has 0 saturated carbocycles. The average molecular weight is 498 g/mol. The molecule has 4 rings (SSSR count). The van der Waals surface area contributed by atoms with Crippen molar-refractivity contribution in [3.63, 3.8) is 0 Å². The van der Waals surface area contributed by atoms with Crippen molar-refractivity contribution < 1.29 is 26.9 Å². The topological polar surface area (TPSA) is 91.3 Å². The first kappa shape index (κ1) is 23.5. The molecule has 9 heteroatoms. The van der Waals surface area contributed by atoms with Crippen LogP contribution in [0.25, 0.3) is 6.08 Å². The molecule has 0 fully saturated rings. The number of aryl methyl sites for hydroxylation is 2. The minimum atomic E-state index is -4.15. The van der Waals surface area contributed by atoms with E-state index in [4.69, 9.17) is 25.3 Å². The highest BCUT2D eigenvalue weighted by Gasteiger charge is 2.26. The molecule has 0 unspecified atom stereocenters. The number of cyclic esters (lactones) is 1. The standard InChI is InChI=1S/C25H20ClNO6S/c1-15-8-10-18(11-9-15)34(29,30)33-23-20(26)12-17(14-22(23)31-3)13-21-25(28)32-24(27-21)19-7-5-4-6-16(19)2/h4-14H,1-3H3/b21-13+. The van der Waals surface area contributed by atoms with Gasteiger partial charge in [-0.05, 0) is 61.4 Å². The molecular formula is C25H20ClNO6S.